The maximum Gasteiger partial charge on any atom is 0.346 e. The van der Waals surface area contributed by atoms with Gasteiger partial charge in [0.2, 0.25) is 10.0 Å². The van der Waals surface area contributed by atoms with Gasteiger partial charge in [0.25, 0.3) is 0 Å². The molecule has 0 unspecified atom stereocenters. The lowest BCUT2D eigenvalue weighted by Gasteiger charge is -2.39. The number of nitrogens with one attached hydrogen (secondary N) is 1. The number of carbonyl (C=O) groups excluding carboxylic acids is 2. The molecule has 1 aliphatic rings. The molecule has 1 fully saturated rings. The van der Waals surface area contributed by atoms with Gasteiger partial charge in [-0.2, -0.15) is 4.72 Å². The molecule has 9 nitrogen and oxygen atoms in total. The monoisotopic (exact) mass is 475 g/mol. The van der Waals surface area contributed by atoms with E-state index in [9.17, 15) is 22.6 Å². The predicted octanol–water partition coefficient (Wildman–Crippen LogP) is 2.96. The van der Waals surface area contributed by atoms with Crippen LogP contribution in [-0.4, -0.2) is 51.2 Å². The lowest BCUT2D eigenvalue weighted by Crippen LogP contribution is -2.59. The highest BCUT2D eigenvalue weighted by molar-refractivity contribution is 7.89. The summed E-state index contributed by atoms with van der Waals surface area (Å²) >= 11 is 0. The highest BCUT2D eigenvalue weighted by Gasteiger charge is 2.66. The van der Waals surface area contributed by atoms with Gasteiger partial charge in [0, 0.05) is 6.42 Å². The lowest BCUT2D eigenvalue weighted by molar-refractivity contribution is -0.147. The minimum atomic E-state index is -4.26. The zero-order chi connectivity index (χ0) is 23.3. The van der Waals surface area contributed by atoms with Crippen molar-refractivity contribution in [3.63, 3.8) is 0 Å². The smallest absolute Gasteiger partial charge is 0.346 e. The first-order chi connectivity index (χ1) is 14.6. The van der Waals surface area contributed by atoms with Gasteiger partial charge in [-0.05, 0) is 52.7 Å². The van der Waals surface area contributed by atoms with E-state index in [0.29, 0.717) is 6.42 Å². The van der Waals surface area contributed by atoms with Crippen LogP contribution in [0.4, 0.5) is 0 Å². The van der Waals surface area contributed by atoms with Gasteiger partial charge in [-0.3, -0.25) is 14.2 Å². The van der Waals surface area contributed by atoms with Crippen molar-refractivity contribution in [3.8, 4) is 0 Å². The van der Waals surface area contributed by atoms with Crippen molar-refractivity contribution in [2.75, 3.05) is 19.8 Å². The third-order valence-corrected chi connectivity index (χ3v) is 9.48. The summed E-state index contributed by atoms with van der Waals surface area (Å²) in [7, 11) is -8.51. The molecule has 174 valence electrons. The summed E-state index contributed by atoms with van der Waals surface area (Å²) in [5.41, 5.74) is 0.848. The van der Waals surface area contributed by atoms with E-state index in [2.05, 4.69) is 4.72 Å². The summed E-state index contributed by atoms with van der Waals surface area (Å²) in [5, 5.41) is -2.01. The van der Waals surface area contributed by atoms with E-state index in [1.807, 2.05) is 0 Å². The van der Waals surface area contributed by atoms with Gasteiger partial charge in [-0.1, -0.05) is 17.7 Å². The fourth-order valence-corrected chi connectivity index (χ4v) is 7.62. The number of hydrogen-bond acceptors (Lipinski definition) is 8. The summed E-state index contributed by atoms with van der Waals surface area (Å²) in [4.78, 5) is 26.0. The van der Waals surface area contributed by atoms with E-state index in [0.717, 1.165) is 5.56 Å². The molecule has 0 aromatic heterocycles. The molecule has 1 aromatic rings. The van der Waals surface area contributed by atoms with Gasteiger partial charge < -0.3 is 13.8 Å². The number of benzene rings is 1. The zero-order valence-electron chi connectivity index (χ0n) is 18.3. The molecule has 1 aromatic carbocycles. The molecule has 2 rings (SSSR count). The molecule has 0 radical (unpaired) electrons. The number of esters is 1. The van der Waals surface area contributed by atoms with Crippen LogP contribution in [0.25, 0.3) is 0 Å². The van der Waals surface area contributed by atoms with Crippen LogP contribution in [0.2, 0.25) is 0 Å². The van der Waals surface area contributed by atoms with Crippen LogP contribution in [0, 0.1) is 6.92 Å². The molecule has 0 saturated heterocycles. The van der Waals surface area contributed by atoms with Crippen molar-refractivity contribution in [2.45, 2.75) is 63.1 Å². The highest BCUT2D eigenvalue weighted by atomic mass is 32.2. The summed E-state index contributed by atoms with van der Waals surface area (Å²) in [6.07, 6.45) is 0.292. The molecule has 0 heterocycles. The predicted molar refractivity (Wildman–Crippen MR) is 114 cm³/mol. The first-order valence-corrected chi connectivity index (χ1v) is 13.3. The number of rotatable bonds is 11. The quantitative estimate of drug-likeness (QED) is 0.383. The summed E-state index contributed by atoms with van der Waals surface area (Å²) in [5.74, 6) is -1.56. The van der Waals surface area contributed by atoms with Crippen LogP contribution >= 0.6 is 7.60 Å². The fraction of sp³-hybridized carbons (Fsp3) is 0.600. The van der Waals surface area contributed by atoms with Crippen LogP contribution in [-0.2, 0) is 38.0 Å². The number of aryl methyl sites for hydroxylation is 1. The molecule has 2 atom stereocenters. The molecule has 0 aliphatic heterocycles. The molecule has 1 aliphatic carbocycles. The lowest BCUT2D eigenvalue weighted by atomic mass is 9.96. The minimum Gasteiger partial charge on any atom is -0.465 e. The average Bonchev–Trinajstić information content (AvgIpc) is 3.09. The Morgan fingerprint density at radius 1 is 1.13 bits per heavy atom. The maximum absolute atomic E-state index is 13.9. The third kappa shape index (κ3) is 5.09. The van der Waals surface area contributed by atoms with Crippen molar-refractivity contribution in [1.82, 2.24) is 4.72 Å². The van der Waals surface area contributed by atoms with Crippen molar-refractivity contribution in [1.29, 1.82) is 0 Å². The topological polar surface area (TPSA) is 125 Å². The van der Waals surface area contributed by atoms with Crippen molar-refractivity contribution >= 4 is 29.4 Å². The van der Waals surface area contributed by atoms with Gasteiger partial charge in [-0.15, -0.1) is 0 Å². The van der Waals surface area contributed by atoms with E-state index in [4.69, 9.17) is 13.8 Å². The highest BCUT2D eigenvalue weighted by Crippen LogP contribution is 2.66. The largest absolute Gasteiger partial charge is 0.465 e. The summed E-state index contributed by atoms with van der Waals surface area (Å²) < 4.78 is 58.3. The standard InChI is InChI=1S/C20H30NO8PS/c1-5-27-19(23)18(21-31(25,26)16-12-10-15(4)11-13-16)20(14-8-9-17(20)22)30(24,28-6-2)29-7-3/h10-13,18,21H,5-9,14H2,1-4H3/t18-,20+/m1/s1. The van der Waals surface area contributed by atoms with E-state index >= 15 is 0 Å². The molecular formula is C20H30NO8PS. The molecule has 1 saturated carbocycles. The van der Waals surface area contributed by atoms with Crippen molar-refractivity contribution in [3.05, 3.63) is 29.8 Å². The average molecular weight is 476 g/mol. The van der Waals surface area contributed by atoms with E-state index in [1.165, 1.54) is 12.1 Å². The Morgan fingerprint density at radius 2 is 1.71 bits per heavy atom. The Bertz CT molecular complexity index is 936. The summed E-state index contributed by atoms with van der Waals surface area (Å²) in [6.45, 7) is 6.36. The van der Waals surface area contributed by atoms with Crippen LogP contribution in [0.3, 0.4) is 0 Å². The van der Waals surface area contributed by atoms with E-state index < -0.39 is 40.6 Å². The van der Waals surface area contributed by atoms with Crippen LogP contribution in [0.15, 0.2) is 29.2 Å². The number of ketones is 1. The first kappa shape index (κ1) is 25.7. The Kier molecular flexibility index (Phi) is 8.58. The van der Waals surface area contributed by atoms with Gasteiger partial charge in [-0.25, -0.2) is 8.42 Å². The van der Waals surface area contributed by atoms with E-state index in [1.54, 1.807) is 39.8 Å². The normalized spacial score (nSPS) is 20.6. The number of hydrogen-bond donors (Lipinski definition) is 1. The zero-order valence-corrected chi connectivity index (χ0v) is 20.0. The molecule has 0 bridgehead atoms. The Morgan fingerprint density at radius 3 is 2.16 bits per heavy atom. The Labute approximate surface area is 183 Å². The van der Waals surface area contributed by atoms with Gasteiger partial charge >= 0.3 is 13.6 Å². The van der Waals surface area contributed by atoms with E-state index in [-0.39, 0.29) is 37.6 Å². The van der Waals surface area contributed by atoms with Gasteiger partial charge in [0.1, 0.15) is 6.04 Å². The van der Waals surface area contributed by atoms with Gasteiger partial charge in [0.15, 0.2) is 10.9 Å². The van der Waals surface area contributed by atoms with Gasteiger partial charge in [0.05, 0.1) is 24.7 Å². The minimum absolute atomic E-state index is 0.0201. The molecule has 31 heavy (non-hydrogen) atoms. The fourth-order valence-electron chi connectivity index (χ4n) is 3.74. The van der Waals surface area contributed by atoms with Crippen LogP contribution < -0.4 is 4.72 Å². The Balaban J connectivity index is 2.65. The maximum atomic E-state index is 13.9. The number of carbonyl (C=O) groups is 2. The van der Waals surface area contributed by atoms with Crippen LogP contribution in [0.5, 0.6) is 0 Å². The number of ether oxygens (including phenoxy) is 1. The Hall–Kier alpha value is -1.58. The SMILES string of the molecule is CCOC(=O)[C@@H](NS(=O)(=O)c1ccc(C)cc1)[C@]1(P(=O)(OCC)OCC)CCCC1=O. The molecule has 0 spiro atoms. The number of sulfonamides is 1. The molecule has 11 heteroatoms. The number of Topliss-reactive ketones (excluding diaryl/α,β-unsaturated/α-hetero) is 1. The van der Waals surface area contributed by atoms with Crippen molar-refractivity contribution < 1.29 is 36.4 Å². The molecule has 1 N–H and O–H groups in total. The summed E-state index contributed by atoms with van der Waals surface area (Å²) in [6, 6.07) is 4.21. The second kappa shape index (κ2) is 10.4. The molecular weight excluding hydrogens is 445 g/mol. The second-order valence-electron chi connectivity index (χ2n) is 7.15. The van der Waals surface area contributed by atoms with Crippen LogP contribution in [0.1, 0.15) is 45.6 Å². The molecule has 0 amide bonds. The third-order valence-electron chi connectivity index (χ3n) is 5.14. The first-order valence-electron chi connectivity index (χ1n) is 10.3. The van der Waals surface area contributed by atoms with Crippen molar-refractivity contribution in [2.24, 2.45) is 0 Å². The second-order valence-corrected chi connectivity index (χ2v) is 11.2.